The lowest BCUT2D eigenvalue weighted by Gasteiger charge is -2.09. The van der Waals surface area contributed by atoms with Gasteiger partial charge in [0.2, 0.25) is 5.76 Å². The lowest BCUT2D eigenvalue weighted by atomic mass is 10.1. The quantitative estimate of drug-likeness (QED) is 0.155. The third-order valence-corrected chi connectivity index (χ3v) is 4.92. The van der Waals surface area contributed by atoms with Crippen molar-refractivity contribution in [3.8, 4) is 5.75 Å². The van der Waals surface area contributed by atoms with Crippen molar-refractivity contribution in [1.82, 2.24) is 5.43 Å². The molecule has 0 fully saturated rings. The van der Waals surface area contributed by atoms with E-state index in [1.54, 1.807) is 48.5 Å². The van der Waals surface area contributed by atoms with E-state index in [-0.39, 0.29) is 28.5 Å². The minimum Gasteiger partial charge on any atom is -0.459 e. The molecule has 4 aromatic rings. The van der Waals surface area contributed by atoms with Gasteiger partial charge in [0.25, 0.3) is 11.8 Å². The summed E-state index contributed by atoms with van der Waals surface area (Å²) in [5.74, 6) is -1.35. The maximum absolute atomic E-state index is 12.7. The molecule has 2 aromatic carbocycles. The van der Waals surface area contributed by atoms with Gasteiger partial charge in [0.15, 0.2) is 5.76 Å². The van der Waals surface area contributed by atoms with E-state index >= 15 is 0 Å². The molecule has 2 amide bonds. The maximum Gasteiger partial charge on any atom is 0.379 e. The van der Waals surface area contributed by atoms with E-state index in [2.05, 4.69) is 31.8 Å². The Morgan fingerprint density at radius 3 is 2.35 bits per heavy atom. The first kappa shape index (κ1) is 22.7. The standard InChI is InChI=1S/C24H16BrN3O6/c25-16-9-10-19(34-24(31)21-8-4-12-33-21)15(13-16)14-26-28-22(29)17-5-1-2-6-18(17)27-23(30)20-7-3-11-32-20/h1-14H,(H,27,30)(H,28,29)/b26-14-. The van der Waals surface area contributed by atoms with Gasteiger partial charge in [0, 0.05) is 10.0 Å². The number of anilines is 1. The number of hydrazone groups is 1. The summed E-state index contributed by atoms with van der Waals surface area (Å²) in [5, 5.41) is 6.60. The number of halogens is 1. The van der Waals surface area contributed by atoms with Crippen LogP contribution in [0.2, 0.25) is 0 Å². The summed E-state index contributed by atoms with van der Waals surface area (Å²) in [6, 6.07) is 17.5. The van der Waals surface area contributed by atoms with Gasteiger partial charge in [-0.05, 0) is 54.6 Å². The summed E-state index contributed by atoms with van der Waals surface area (Å²) >= 11 is 3.35. The molecule has 0 aliphatic rings. The second-order valence-electron chi connectivity index (χ2n) is 6.73. The van der Waals surface area contributed by atoms with E-state index in [1.807, 2.05) is 0 Å². The molecule has 9 nitrogen and oxygen atoms in total. The van der Waals surface area contributed by atoms with Crippen molar-refractivity contribution in [3.63, 3.8) is 0 Å². The molecule has 0 radical (unpaired) electrons. The predicted molar refractivity (Wildman–Crippen MR) is 126 cm³/mol. The van der Waals surface area contributed by atoms with Crippen LogP contribution in [0.3, 0.4) is 0 Å². The van der Waals surface area contributed by atoms with Crippen LogP contribution in [-0.2, 0) is 0 Å². The SMILES string of the molecule is O=C(Nc1ccccc1C(=O)N/N=C\c1cc(Br)ccc1OC(=O)c1ccco1)c1ccco1. The number of furan rings is 2. The highest BCUT2D eigenvalue weighted by atomic mass is 79.9. The third kappa shape index (κ3) is 5.48. The number of hydrogen-bond donors (Lipinski definition) is 2. The molecule has 0 unspecified atom stereocenters. The predicted octanol–water partition coefficient (Wildman–Crippen LogP) is 4.87. The molecular weight excluding hydrogens is 506 g/mol. The second kappa shape index (κ2) is 10.5. The molecule has 0 saturated heterocycles. The van der Waals surface area contributed by atoms with Gasteiger partial charge in [-0.3, -0.25) is 9.59 Å². The molecule has 0 aliphatic carbocycles. The Balaban J connectivity index is 1.47. The van der Waals surface area contributed by atoms with Crippen molar-refractivity contribution in [2.45, 2.75) is 0 Å². The zero-order chi connectivity index (χ0) is 23.9. The number of benzene rings is 2. The van der Waals surface area contributed by atoms with Gasteiger partial charge >= 0.3 is 5.97 Å². The van der Waals surface area contributed by atoms with Gasteiger partial charge in [0.05, 0.1) is 30.0 Å². The molecule has 0 aliphatic heterocycles. The summed E-state index contributed by atoms with van der Waals surface area (Å²) in [4.78, 5) is 37.2. The van der Waals surface area contributed by atoms with E-state index in [9.17, 15) is 14.4 Å². The molecule has 10 heteroatoms. The van der Waals surface area contributed by atoms with Crippen LogP contribution in [0.4, 0.5) is 5.69 Å². The molecule has 2 N–H and O–H groups in total. The fourth-order valence-electron chi connectivity index (χ4n) is 2.86. The summed E-state index contributed by atoms with van der Waals surface area (Å²) in [6.07, 6.45) is 4.08. The van der Waals surface area contributed by atoms with Crippen molar-refractivity contribution in [3.05, 3.63) is 106 Å². The van der Waals surface area contributed by atoms with E-state index in [4.69, 9.17) is 13.6 Å². The zero-order valence-electron chi connectivity index (χ0n) is 17.4. The minimum atomic E-state index is -0.674. The lowest BCUT2D eigenvalue weighted by Crippen LogP contribution is -2.21. The molecule has 0 atom stereocenters. The second-order valence-corrected chi connectivity index (χ2v) is 7.64. The van der Waals surface area contributed by atoms with Crippen molar-refractivity contribution in [2.24, 2.45) is 5.10 Å². The third-order valence-electron chi connectivity index (χ3n) is 4.43. The number of rotatable bonds is 7. The number of carbonyl (C=O) groups excluding carboxylic acids is 3. The number of amides is 2. The van der Waals surface area contributed by atoms with E-state index in [1.165, 1.54) is 36.9 Å². The van der Waals surface area contributed by atoms with Crippen LogP contribution < -0.4 is 15.5 Å². The van der Waals surface area contributed by atoms with E-state index in [0.717, 1.165) is 0 Å². The first-order valence-electron chi connectivity index (χ1n) is 9.84. The molecule has 170 valence electrons. The number of nitrogens with one attached hydrogen (secondary N) is 2. The van der Waals surface area contributed by atoms with Crippen LogP contribution in [0, 0.1) is 0 Å². The van der Waals surface area contributed by atoms with E-state index in [0.29, 0.717) is 10.0 Å². The number of carbonyl (C=O) groups is 3. The molecule has 0 bridgehead atoms. The van der Waals surface area contributed by atoms with Crippen LogP contribution in [-0.4, -0.2) is 24.0 Å². The van der Waals surface area contributed by atoms with Gasteiger partial charge in [-0.15, -0.1) is 0 Å². The summed E-state index contributed by atoms with van der Waals surface area (Å²) in [6.45, 7) is 0. The average Bonchev–Trinajstić information content (AvgIpc) is 3.56. The number of nitrogens with zero attached hydrogens (tertiary/aromatic N) is 1. The molecule has 4 rings (SSSR count). The van der Waals surface area contributed by atoms with Gasteiger partial charge in [0.1, 0.15) is 5.75 Å². The van der Waals surface area contributed by atoms with Crippen LogP contribution >= 0.6 is 15.9 Å². The lowest BCUT2D eigenvalue weighted by molar-refractivity contribution is 0.0700. The average molecular weight is 522 g/mol. The molecule has 0 saturated carbocycles. The minimum absolute atomic E-state index is 0.0484. The molecular formula is C24H16BrN3O6. The maximum atomic E-state index is 12.7. The van der Waals surface area contributed by atoms with Crippen LogP contribution in [0.1, 0.15) is 37.0 Å². The van der Waals surface area contributed by atoms with Crippen molar-refractivity contribution in [2.75, 3.05) is 5.32 Å². The van der Waals surface area contributed by atoms with Crippen molar-refractivity contribution < 1.29 is 28.0 Å². The Morgan fingerprint density at radius 1 is 0.882 bits per heavy atom. The Labute approximate surface area is 201 Å². The Bertz CT molecular complexity index is 1350. The van der Waals surface area contributed by atoms with Crippen molar-refractivity contribution in [1.29, 1.82) is 0 Å². The van der Waals surface area contributed by atoms with Gasteiger partial charge in [-0.25, -0.2) is 10.2 Å². The molecule has 2 aromatic heterocycles. The zero-order valence-corrected chi connectivity index (χ0v) is 18.9. The number of esters is 1. The number of hydrogen-bond acceptors (Lipinski definition) is 7. The monoisotopic (exact) mass is 521 g/mol. The highest BCUT2D eigenvalue weighted by Crippen LogP contribution is 2.23. The normalized spacial score (nSPS) is 10.7. The van der Waals surface area contributed by atoms with Gasteiger partial charge in [-0.1, -0.05) is 28.1 Å². The molecule has 2 heterocycles. The first-order chi connectivity index (χ1) is 16.5. The van der Waals surface area contributed by atoms with Crippen LogP contribution in [0.15, 0.2) is 97.7 Å². The number of para-hydroxylation sites is 1. The summed E-state index contributed by atoms with van der Waals surface area (Å²) in [5.41, 5.74) is 3.31. The Kier molecular flexibility index (Phi) is 6.99. The van der Waals surface area contributed by atoms with Gasteiger partial charge < -0.3 is 18.9 Å². The van der Waals surface area contributed by atoms with E-state index < -0.39 is 17.8 Å². The topological polar surface area (TPSA) is 123 Å². The highest BCUT2D eigenvalue weighted by Gasteiger charge is 2.16. The molecule has 34 heavy (non-hydrogen) atoms. The summed E-state index contributed by atoms with van der Waals surface area (Å²) < 4.78 is 16.2. The highest BCUT2D eigenvalue weighted by molar-refractivity contribution is 9.10. The number of ether oxygens (including phenoxy) is 1. The fraction of sp³-hybridized carbons (Fsp3) is 0. The Morgan fingerprint density at radius 2 is 1.62 bits per heavy atom. The van der Waals surface area contributed by atoms with Crippen LogP contribution in [0.5, 0.6) is 5.75 Å². The van der Waals surface area contributed by atoms with Gasteiger partial charge in [-0.2, -0.15) is 5.10 Å². The molecule has 0 spiro atoms. The largest absolute Gasteiger partial charge is 0.459 e. The first-order valence-corrected chi connectivity index (χ1v) is 10.6. The van der Waals surface area contributed by atoms with Crippen LogP contribution in [0.25, 0.3) is 0 Å². The summed E-state index contributed by atoms with van der Waals surface area (Å²) in [7, 11) is 0. The fourth-order valence-corrected chi connectivity index (χ4v) is 3.24. The smallest absolute Gasteiger partial charge is 0.379 e. The Hall–Kier alpha value is -4.44. The van der Waals surface area contributed by atoms with Crippen molar-refractivity contribution >= 4 is 45.6 Å².